The van der Waals surface area contributed by atoms with Crippen molar-refractivity contribution >= 4 is 11.9 Å². The highest BCUT2D eigenvalue weighted by atomic mass is 16.2. The molecule has 1 aliphatic carbocycles. The predicted molar refractivity (Wildman–Crippen MR) is 81.8 cm³/mol. The number of hydrogen-bond acceptors (Lipinski definition) is 3. The first-order chi connectivity index (χ1) is 9.94. The molecule has 0 unspecified atom stereocenters. The van der Waals surface area contributed by atoms with Gasteiger partial charge in [-0.15, -0.1) is 0 Å². The number of piperidine rings is 1. The molecule has 0 bridgehead atoms. The summed E-state index contributed by atoms with van der Waals surface area (Å²) in [5.74, 6) is -0.273. The van der Waals surface area contributed by atoms with E-state index in [0.29, 0.717) is 32.0 Å². The van der Waals surface area contributed by atoms with Gasteiger partial charge in [0.05, 0.1) is 0 Å². The maximum absolute atomic E-state index is 12.0. The maximum Gasteiger partial charge on any atom is 0.319 e. The van der Waals surface area contributed by atoms with Gasteiger partial charge in [0.25, 0.3) is 0 Å². The summed E-state index contributed by atoms with van der Waals surface area (Å²) in [4.78, 5) is 27.4. The molecule has 2 aliphatic rings. The molecule has 1 aliphatic heterocycles. The molecule has 2 rings (SSSR count). The van der Waals surface area contributed by atoms with Crippen molar-refractivity contribution in [3.63, 3.8) is 0 Å². The summed E-state index contributed by atoms with van der Waals surface area (Å²) < 4.78 is 0. The first kappa shape index (κ1) is 16.1. The van der Waals surface area contributed by atoms with Crippen molar-refractivity contribution in [2.24, 2.45) is 5.73 Å². The second-order valence-electron chi connectivity index (χ2n) is 6.59. The fraction of sp³-hybridized carbons (Fsp3) is 0.867. The molecule has 0 radical (unpaired) electrons. The van der Waals surface area contributed by atoms with Gasteiger partial charge in [-0.3, -0.25) is 4.79 Å². The van der Waals surface area contributed by atoms with Crippen LogP contribution in [0.2, 0.25) is 0 Å². The van der Waals surface area contributed by atoms with E-state index in [2.05, 4.69) is 5.32 Å². The van der Waals surface area contributed by atoms with Crippen LogP contribution in [0.5, 0.6) is 0 Å². The molecule has 6 nitrogen and oxygen atoms in total. The van der Waals surface area contributed by atoms with Crippen molar-refractivity contribution in [3.05, 3.63) is 0 Å². The van der Waals surface area contributed by atoms with Crippen LogP contribution in [0.3, 0.4) is 0 Å². The molecule has 6 heteroatoms. The number of likely N-dealkylation sites (tertiary alicyclic amines) is 1. The number of urea groups is 1. The summed E-state index contributed by atoms with van der Waals surface area (Å²) in [6.07, 6.45) is 7.18. The van der Waals surface area contributed by atoms with Crippen LogP contribution in [-0.2, 0) is 4.79 Å². The Kier molecular flexibility index (Phi) is 5.08. The molecule has 120 valence electrons. The van der Waals surface area contributed by atoms with Gasteiger partial charge in [-0.2, -0.15) is 0 Å². The quantitative estimate of drug-likeness (QED) is 0.812. The zero-order valence-corrected chi connectivity index (χ0v) is 13.2. The summed E-state index contributed by atoms with van der Waals surface area (Å²) in [5.41, 5.74) is 5.05. The van der Waals surface area contributed by atoms with Crippen LogP contribution in [0.25, 0.3) is 0 Å². The molecule has 2 fully saturated rings. The third kappa shape index (κ3) is 3.67. The highest BCUT2D eigenvalue weighted by molar-refractivity contribution is 5.85. The lowest BCUT2D eigenvalue weighted by atomic mass is 9.84. The van der Waals surface area contributed by atoms with Crippen molar-refractivity contribution in [2.45, 2.75) is 56.5 Å². The van der Waals surface area contributed by atoms with E-state index in [1.54, 1.807) is 23.9 Å². The maximum atomic E-state index is 12.0. The van der Waals surface area contributed by atoms with E-state index in [-0.39, 0.29) is 11.9 Å². The third-order valence-electron chi connectivity index (χ3n) is 4.83. The van der Waals surface area contributed by atoms with Crippen LogP contribution in [0.15, 0.2) is 0 Å². The molecule has 0 atom stereocenters. The van der Waals surface area contributed by atoms with Gasteiger partial charge in [0.15, 0.2) is 0 Å². The molecular formula is C15H28N4O2. The molecule has 1 saturated carbocycles. The number of amides is 3. The number of hydrogen-bond donors (Lipinski definition) is 2. The number of nitrogens with zero attached hydrogens (tertiary/aromatic N) is 2. The Morgan fingerprint density at radius 3 is 2.19 bits per heavy atom. The van der Waals surface area contributed by atoms with Crippen molar-refractivity contribution in [1.29, 1.82) is 0 Å². The van der Waals surface area contributed by atoms with Gasteiger partial charge in [0.2, 0.25) is 5.91 Å². The Balaban J connectivity index is 1.98. The number of primary amides is 1. The van der Waals surface area contributed by atoms with E-state index in [9.17, 15) is 9.59 Å². The Hall–Kier alpha value is -1.30. The molecule has 1 saturated heterocycles. The number of rotatable bonds is 3. The lowest BCUT2D eigenvalue weighted by Crippen LogP contribution is -2.64. The summed E-state index contributed by atoms with van der Waals surface area (Å²) in [5, 5.41) is 3.53. The van der Waals surface area contributed by atoms with Gasteiger partial charge in [-0.1, -0.05) is 19.3 Å². The van der Waals surface area contributed by atoms with E-state index in [1.165, 1.54) is 19.3 Å². The van der Waals surface area contributed by atoms with Crippen LogP contribution in [0.4, 0.5) is 4.79 Å². The highest BCUT2D eigenvalue weighted by Crippen LogP contribution is 2.27. The number of nitrogens with two attached hydrogens (primary N) is 1. The number of nitrogens with one attached hydrogen (secondary N) is 1. The lowest BCUT2D eigenvalue weighted by Gasteiger charge is -2.43. The molecule has 3 N–H and O–H groups in total. The summed E-state index contributed by atoms with van der Waals surface area (Å²) in [7, 11) is 3.50. The molecule has 0 aromatic carbocycles. The first-order valence-electron chi connectivity index (χ1n) is 7.98. The minimum Gasteiger partial charge on any atom is -0.368 e. The van der Waals surface area contributed by atoms with Gasteiger partial charge in [0, 0.05) is 33.2 Å². The van der Waals surface area contributed by atoms with Gasteiger partial charge >= 0.3 is 6.03 Å². The average Bonchev–Trinajstić information content (AvgIpc) is 2.48. The van der Waals surface area contributed by atoms with Crippen LogP contribution < -0.4 is 11.1 Å². The van der Waals surface area contributed by atoms with Gasteiger partial charge in [0.1, 0.15) is 5.54 Å². The van der Waals surface area contributed by atoms with Crippen molar-refractivity contribution < 1.29 is 9.59 Å². The Labute approximate surface area is 127 Å². The summed E-state index contributed by atoms with van der Waals surface area (Å²) in [6.45, 7) is 1.17. The van der Waals surface area contributed by atoms with Crippen LogP contribution in [0, 0.1) is 0 Å². The molecule has 0 aromatic heterocycles. The topological polar surface area (TPSA) is 78.7 Å². The zero-order valence-electron chi connectivity index (χ0n) is 13.2. The van der Waals surface area contributed by atoms with Gasteiger partial charge < -0.3 is 20.9 Å². The standard InChI is InChI=1S/C15H28N4O2/c1-18(2)14(21)19-10-8-15(9-11-19,13(16)20)17-12-6-4-3-5-7-12/h12,17H,3-11H2,1-2H3,(H2,16,20). The van der Waals surface area contributed by atoms with E-state index >= 15 is 0 Å². The van der Waals surface area contributed by atoms with Crippen molar-refractivity contribution in [2.75, 3.05) is 27.2 Å². The van der Waals surface area contributed by atoms with Crippen molar-refractivity contribution in [1.82, 2.24) is 15.1 Å². The normalized spacial score (nSPS) is 22.9. The molecule has 3 amide bonds. The highest BCUT2D eigenvalue weighted by Gasteiger charge is 2.42. The fourth-order valence-corrected chi connectivity index (χ4v) is 3.46. The Morgan fingerprint density at radius 1 is 1.14 bits per heavy atom. The molecule has 0 spiro atoms. The molecule has 21 heavy (non-hydrogen) atoms. The summed E-state index contributed by atoms with van der Waals surface area (Å²) in [6, 6.07) is 0.396. The first-order valence-corrected chi connectivity index (χ1v) is 7.98. The van der Waals surface area contributed by atoms with Crippen LogP contribution in [0.1, 0.15) is 44.9 Å². The van der Waals surface area contributed by atoms with E-state index < -0.39 is 5.54 Å². The Bertz CT molecular complexity index is 383. The average molecular weight is 296 g/mol. The third-order valence-corrected chi connectivity index (χ3v) is 4.83. The minimum absolute atomic E-state index is 0.00531. The monoisotopic (exact) mass is 296 g/mol. The molecule has 0 aromatic rings. The number of carbonyl (C=O) groups is 2. The second kappa shape index (κ2) is 6.64. The van der Waals surface area contributed by atoms with Crippen molar-refractivity contribution in [3.8, 4) is 0 Å². The fourth-order valence-electron chi connectivity index (χ4n) is 3.46. The number of carbonyl (C=O) groups excluding carboxylic acids is 2. The summed E-state index contributed by atoms with van der Waals surface area (Å²) >= 11 is 0. The van der Waals surface area contributed by atoms with Gasteiger partial charge in [-0.05, 0) is 25.7 Å². The smallest absolute Gasteiger partial charge is 0.319 e. The molecule has 1 heterocycles. The van der Waals surface area contributed by atoms with Crippen LogP contribution >= 0.6 is 0 Å². The molecular weight excluding hydrogens is 268 g/mol. The Morgan fingerprint density at radius 2 is 1.71 bits per heavy atom. The lowest BCUT2D eigenvalue weighted by molar-refractivity contribution is -0.126. The zero-order chi connectivity index (χ0) is 15.5. The second-order valence-corrected chi connectivity index (χ2v) is 6.59. The predicted octanol–water partition coefficient (Wildman–Crippen LogP) is 0.910. The van der Waals surface area contributed by atoms with E-state index in [0.717, 1.165) is 12.8 Å². The van der Waals surface area contributed by atoms with Crippen LogP contribution in [-0.4, -0.2) is 60.5 Å². The van der Waals surface area contributed by atoms with Gasteiger partial charge in [-0.25, -0.2) is 4.79 Å². The SMILES string of the molecule is CN(C)C(=O)N1CCC(NC2CCCCC2)(C(N)=O)CC1. The largest absolute Gasteiger partial charge is 0.368 e. The van der Waals surface area contributed by atoms with E-state index in [4.69, 9.17) is 5.73 Å². The van der Waals surface area contributed by atoms with E-state index in [1.807, 2.05) is 0 Å². The minimum atomic E-state index is -0.634.